The molecule has 0 saturated heterocycles. The Hall–Kier alpha value is -2.14. The predicted octanol–water partition coefficient (Wildman–Crippen LogP) is 1.62. The summed E-state index contributed by atoms with van der Waals surface area (Å²) in [5.41, 5.74) is 6.88. The van der Waals surface area contributed by atoms with Gasteiger partial charge in [0, 0.05) is 6.54 Å². The maximum absolute atomic E-state index is 11.8. The van der Waals surface area contributed by atoms with E-state index in [0.29, 0.717) is 12.4 Å². The fourth-order valence-electron chi connectivity index (χ4n) is 1.47. The van der Waals surface area contributed by atoms with Crippen LogP contribution in [0.4, 0.5) is 0 Å². The summed E-state index contributed by atoms with van der Waals surface area (Å²) < 4.78 is 5.10. The van der Waals surface area contributed by atoms with Gasteiger partial charge in [-0.1, -0.05) is 30.3 Å². The van der Waals surface area contributed by atoms with Crippen LogP contribution >= 0.6 is 0 Å². The van der Waals surface area contributed by atoms with Crippen molar-refractivity contribution in [3.05, 3.63) is 53.7 Å². The Bertz CT molecular complexity index is 520. The summed E-state index contributed by atoms with van der Waals surface area (Å²) in [5, 5.41) is 2.77. The molecule has 0 saturated carbocycles. The Morgan fingerprint density at radius 3 is 2.78 bits per heavy atom. The molecule has 5 heteroatoms. The number of hydrogen-bond donors (Lipinski definition) is 2. The van der Waals surface area contributed by atoms with Crippen molar-refractivity contribution in [2.45, 2.75) is 19.5 Å². The topological polar surface area (TPSA) is 81.1 Å². The smallest absolute Gasteiger partial charge is 0.273 e. The summed E-state index contributed by atoms with van der Waals surface area (Å²) in [5.74, 6) is 0.0920. The van der Waals surface area contributed by atoms with Crippen molar-refractivity contribution in [3.8, 4) is 0 Å². The molecule has 0 spiro atoms. The first kappa shape index (κ1) is 12.3. The van der Waals surface area contributed by atoms with Crippen molar-refractivity contribution in [2.75, 3.05) is 0 Å². The van der Waals surface area contributed by atoms with E-state index in [9.17, 15) is 4.79 Å². The zero-order valence-corrected chi connectivity index (χ0v) is 10.1. The van der Waals surface area contributed by atoms with Gasteiger partial charge in [0.25, 0.3) is 5.91 Å². The second-order valence-electron chi connectivity index (χ2n) is 4.03. The van der Waals surface area contributed by atoms with Crippen LogP contribution in [-0.4, -0.2) is 10.9 Å². The van der Waals surface area contributed by atoms with E-state index < -0.39 is 0 Å². The van der Waals surface area contributed by atoms with Gasteiger partial charge in [-0.15, -0.1) is 0 Å². The van der Waals surface area contributed by atoms with Gasteiger partial charge < -0.3 is 15.5 Å². The minimum absolute atomic E-state index is 0.248. The van der Waals surface area contributed by atoms with E-state index >= 15 is 0 Å². The second-order valence-corrected chi connectivity index (χ2v) is 4.03. The van der Waals surface area contributed by atoms with Crippen molar-refractivity contribution in [2.24, 2.45) is 5.73 Å². The fraction of sp³-hybridized carbons (Fsp3) is 0.231. The normalized spacial score (nSPS) is 12.1. The molecule has 1 aromatic heterocycles. The van der Waals surface area contributed by atoms with Crippen LogP contribution in [0, 0.1) is 0 Å². The van der Waals surface area contributed by atoms with Gasteiger partial charge in [0.1, 0.15) is 6.26 Å². The van der Waals surface area contributed by atoms with Gasteiger partial charge in [0.2, 0.25) is 5.89 Å². The first-order chi connectivity index (χ1) is 8.66. The molecule has 1 aromatic carbocycles. The summed E-state index contributed by atoms with van der Waals surface area (Å²) >= 11 is 0. The lowest BCUT2D eigenvalue weighted by Gasteiger charge is -2.02. The Labute approximate surface area is 105 Å². The monoisotopic (exact) mass is 245 g/mol. The van der Waals surface area contributed by atoms with E-state index in [1.54, 1.807) is 6.92 Å². The van der Waals surface area contributed by atoms with Crippen LogP contribution in [0.5, 0.6) is 0 Å². The van der Waals surface area contributed by atoms with Gasteiger partial charge in [-0.25, -0.2) is 4.98 Å². The number of carbonyl (C=O) groups excluding carboxylic acids is 1. The highest BCUT2D eigenvalue weighted by Gasteiger charge is 2.13. The van der Waals surface area contributed by atoms with Crippen molar-refractivity contribution in [1.29, 1.82) is 0 Å². The number of oxazole rings is 1. The summed E-state index contributed by atoms with van der Waals surface area (Å²) in [6.07, 6.45) is 1.32. The van der Waals surface area contributed by atoms with Crippen LogP contribution in [-0.2, 0) is 6.54 Å². The average Bonchev–Trinajstić information content (AvgIpc) is 2.87. The van der Waals surface area contributed by atoms with E-state index in [0.717, 1.165) is 5.56 Å². The van der Waals surface area contributed by atoms with Crippen LogP contribution in [0.1, 0.15) is 34.9 Å². The Balaban J connectivity index is 1.95. The summed E-state index contributed by atoms with van der Waals surface area (Å²) in [6, 6.07) is 9.34. The zero-order valence-electron chi connectivity index (χ0n) is 10.1. The first-order valence-corrected chi connectivity index (χ1v) is 5.70. The Morgan fingerprint density at radius 2 is 2.17 bits per heavy atom. The number of amides is 1. The molecule has 18 heavy (non-hydrogen) atoms. The highest BCUT2D eigenvalue weighted by Crippen LogP contribution is 2.09. The highest BCUT2D eigenvalue weighted by molar-refractivity contribution is 5.91. The largest absolute Gasteiger partial charge is 0.446 e. The van der Waals surface area contributed by atoms with Crippen molar-refractivity contribution < 1.29 is 9.21 Å². The number of rotatable bonds is 4. The summed E-state index contributed by atoms with van der Waals surface area (Å²) in [4.78, 5) is 15.8. The molecule has 3 N–H and O–H groups in total. The molecule has 0 aliphatic heterocycles. The van der Waals surface area contributed by atoms with Crippen LogP contribution in [0.25, 0.3) is 0 Å². The van der Waals surface area contributed by atoms with Gasteiger partial charge in [0.15, 0.2) is 5.69 Å². The average molecular weight is 245 g/mol. The van der Waals surface area contributed by atoms with Crippen LogP contribution in [0.3, 0.4) is 0 Å². The van der Waals surface area contributed by atoms with Gasteiger partial charge >= 0.3 is 0 Å². The van der Waals surface area contributed by atoms with Gasteiger partial charge in [0.05, 0.1) is 6.04 Å². The minimum atomic E-state index is -0.319. The van der Waals surface area contributed by atoms with Gasteiger partial charge in [-0.05, 0) is 12.5 Å². The molecule has 0 radical (unpaired) electrons. The number of nitrogens with one attached hydrogen (secondary N) is 1. The molecule has 1 heterocycles. The van der Waals surface area contributed by atoms with Crippen molar-refractivity contribution >= 4 is 5.91 Å². The zero-order chi connectivity index (χ0) is 13.0. The number of nitrogens with zero attached hydrogens (tertiary/aromatic N) is 1. The molecule has 1 atom stereocenters. The lowest BCUT2D eigenvalue weighted by molar-refractivity contribution is 0.0946. The van der Waals surface area contributed by atoms with E-state index in [2.05, 4.69) is 10.3 Å². The molecule has 0 aliphatic rings. The highest BCUT2D eigenvalue weighted by atomic mass is 16.3. The third-order valence-electron chi connectivity index (χ3n) is 2.44. The molecule has 1 unspecified atom stereocenters. The molecule has 94 valence electrons. The number of benzene rings is 1. The molecule has 2 aromatic rings. The minimum Gasteiger partial charge on any atom is -0.446 e. The molecule has 5 nitrogen and oxygen atoms in total. The van der Waals surface area contributed by atoms with Crippen molar-refractivity contribution in [3.63, 3.8) is 0 Å². The number of carbonyl (C=O) groups is 1. The molecule has 2 rings (SSSR count). The SMILES string of the molecule is CC(N)c1nc(C(=O)NCc2ccccc2)co1. The summed E-state index contributed by atoms with van der Waals surface area (Å²) in [6.45, 7) is 2.21. The van der Waals surface area contributed by atoms with E-state index in [1.165, 1.54) is 6.26 Å². The van der Waals surface area contributed by atoms with Gasteiger partial charge in [-0.2, -0.15) is 0 Å². The molecule has 0 aliphatic carbocycles. The fourth-order valence-corrected chi connectivity index (χ4v) is 1.47. The third-order valence-corrected chi connectivity index (χ3v) is 2.44. The lowest BCUT2D eigenvalue weighted by atomic mass is 10.2. The number of nitrogens with two attached hydrogens (primary N) is 1. The first-order valence-electron chi connectivity index (χ1n) is 5.70. The molecule has 0 bridgehead atoms. The number of aromatic nitrogens is 1. The molecular formula is C13H15N3O2. The molecular weight excluding hydrogens is 230 g/mol. The second kappa shape index (κ2) is 5.46. The van der Waals surface area contributed by atoms with Crippen molar-refractivity contribution in [1.82, 2.24) is 10.3 Å². The van der Waals surface area contributed by atoms with Crippen LogP contribution in [0.15, 0.2) is 41.0 Å². The van der Waals surface area contributed by atoms with Gasteiger partial charge in [-0.3, -0.25) is 4.79 Å². The quantitative estimate of drug-likeness (QED) is 0.857. The summed E-state index contributed by atoms with van der Waals surface area (Å²) in [7, 11) is 0. The maximum atomic E-state index is 11.8. The lowest BCUT2D eigenvalue weighted by Crippen LogP contribution is -2.23. The van der Waals surface area contributed by atoms with E-state index in [4.69, 9.17) is 10.2 Å². The predicted molar refractivity (Wildman–Crippen MR) is 66.7 cm³/mol. The van der Waals surface area contributed by atoms with E-state index in [-0.39, 0.29) is 17.6 Å². The van der Waals surface area contributed by atoms with Crippen LogP contribution < -0.4 is 11.1 Å². The van der Waals surface area contributed by atoms with Crippen LogP contribution in [0.2, 0.25) is 0 Å². The standard InChI is InChI=1S/C13H15N3O2/c1-9(14)13-16-11(8-18-13)12(17)15-7-10-5-3-2-4-6-10/h2-6,8-9H,7,14H2,1H3,(H,15,17). The Morgan fingerprint density at radius 1 is 1.44 bits per heavy atom. The Kier molecular flexibility index (Phi) is 3.74. The maximum Gasteiger partial charge on any atom is 0.273 e. The molecule has 1 amide bonds. The van der Waals surface area contributed by atoms with E-state index in [1.807, 2.05) is 30.3 Å². The third kappa shape index (κ3) is 2.95. The number of hydrogen-bond acceptors (Lipinski definition) is 4. The molecule has 0 fully saturated rings.